The van der Waals surface area contributed by atoms with Crippen LogP contribution in [0.4, 0.5) is 0 Å². The Hall–Kier alpha value is -1.85. The highest BCUT2D eigenvalue weighted by Gasteiger charge is 2.03. The molecule has 1 aromatic carbocycles. The number of pyridine rings is 1. The Bertz CT molecular complexity index is 570. The van der Waals surface area contributed by atoms with Crippen LogP contribution in [0.2, 0.25) is 5.02 Å². The van der Waals surface area contributed by atoms with E-state index in [1.807, 2.05) is 43.3 Å². The zero-order valence-corrected chi connectivity index (χ0v) is 9.49. The molecule has 0 aliphatic rings. The molecule has 0 spiro atoms. The van der Waals surface area contributed by atoms with Gasteiger partial charge >= 0.3 is 0 Å². The van der Waals surface area contributed by atoms with Crippen LogP contribution >= 0.6 is 11.6 Å². The number of nitriles is 1. The van der Waals surface area contributed by atoms with Gasteiger partial charge in [-0.25, -0.2) is 4.98 Å². The highest BCUT2D eigenvalue weighted by atomic mass is 35.5. The number of hydrogen-bond acceptors (Lipinski definition) is 2. The van der Waals surface area contributed by atoms with Crippen LogP contribution in [0.5, 0.6) is 0 Å². The summed E-state index contributed by atoms with van der Waals surface area (Å²) in [5, 5.41) is 9.48. The Kier molecular flexibility index (Phi) is 2.89. The average molecular weight is 229 g/mol. The van der Waals surface area contributed by atoms with Crippen molar-refractivity contribution in [1.29, 1.82) is 5.26 Å². The molecule has 0 saturated carbocycles. The number of aryl methyl sites for hydroxylation is 1. The van der Waals surface area contributed by atoms with Gasteiger partial charge < -0.3 is 0 Å². The molecule has 2 aromatic rings. The number of benzene rings is 1. The minimum absolute atomic E-state index is 0.464. The number of aromatic nitrogens is 1. The van der Waals surface area contributed by atoms with Crippen LogP contribution in [-0.2, 0) is 0 Å². The Morgan fingerprint density at radius 2 is 2.06 bits per heavy atom. The van der Waals surface area contributed by atoms with Crippen LogP contribution < -0.4 is 0 Å². The van der Waals surface area contributed by atoms with E-state index in [0.29, 0.717) is 10.7 Å². The number of rotatable bonds is 1. The second-order valence-corrected chi connectivity index (χ2v) is 3.95. The Balaban J connectivity index is 2.50. The molecule has 0 atom stereocenters. The topological polar surface area (TPSA) is 36.7 Å². The van der Waals surface area contributed by atoms with Crippen LogP contribution in [-0.4, -0.2) is 4.98 Å². The van der Waals surface area contributed by atoms with Crippen molar-refractivity contribution >= 4 is 11.6 Å². The molecular weight excluding hydrogens is 220 g/mol. The van der Waals surface area contributed by atoms with Gasteiger partial charge in [0.05, 0.1) is 0 Å². The summed E-state index contributed by atoms with van der Waals surface area (Å²) < 4.78 is 0. The van der Waals surface area contributed by atoms with Crippen LogP contribution in [0.15, 0.2) is 36.5 Å². The van der Waals surface area contributed by atoms with Crippen LogP contribution in [0, 0.1) is 18.3 Å². The van der Waals surface area contributed by atoms with Crippen LogP contribution in [0.25, 0.3) is 11.1 Å². The molecule has 0 fully saturated rings. The Morgan fingerprint density at radius 3 is 2.69 bits per heavy atom. The molecule has 0 radical (unpaired) electrons. The lowest BCUT2D eigenvalue weighted by atomic mass is 10.1. The maximum atomic E-state index is 8.79. The van der Waals surface area contributed by atoms with E-state index in [4.69, 9.17) is 16.9 Å². The first-order valence-electron chi connectivity index (χ1n) is 4.83. The monoisotopic (exact) mass is 228 g/mol. The maximum absolute atomic E-state index is 8.79. The lowest BCUT2D eigenvalue weighted by Gasteiger charge is -2.03. The summed E-state index contributed by atoms with van der Waals surface area (Å²) in [6, 6.07) is 11.6. The van der Waals surface area contributed by atoms with Crippen LogP contribution in [0.3, 0.4) is 0 Å². The van der Waals surface area contributed by atoms with Crippen molar-refractivity contribution in [2.24, 2.45) is 0 Å². The summed E-state index contributed by atoms with van der Waals surface area (Å²) in [4.78, 5) is 4.10. The van der Waals surface area contributed by atoms with E-state index >= 15 is 0 Å². The van der Waals surface area contributed by atoms with Crippen molar-refractivity contribution in [3.63, 3.8) is 0 Å². The van der Waals surface area contributed by atoms with Crippen molar-refractivity contribution in [1.82, 2.24) is 4.98 Å². The molecule has 0 aliphatic heterocycles. The van der Waals surface area contributed by atoms with Gasteiger partial charge in [-0.05, 0) is 36.2 Å². The van der Waals surface area contributed by atoms with Crippen molar-refractivity contribution in [2.75, 3.05) is 0 Å². The molecule has 2 rings (SSSR count). The van der Waals surface area contributed by atoms with Gasteiger partial charge in [0, 0.05) is 16.8 Å². The molecule has 0 N–H and O–H groups in total. The number of hydrogen-bond donors (Lipinski definition) is 0. The van der Waals surface area contributed by atoms with E-state index in [9.17, 15) is 0 Å². The van der Waals surface area contributed by atoms with Gasteiger partial charge in [0.25, 0.3) is 0 Å². The van der Waals surface area contributed by atoms with E-state index in [2.05, 4.69) is 4.98 Å². The van der Waals surface area contributed by atoms with E-state index < -0.39 is 0 Å². The summed E-state index contributed by atoms with van der Waals surface area (Å²) in [7, 11) is 0. The summed E-state index contributed by atoms with van der Waals surface area (Å²) in [6.07, 6.45) is 1.69. The van der Waals surface area contributed by atoms with Gasteiger partial charge in [-0.3, -0.25) is 0 Å². The van der Waals surface area contributed by atoms with Crippen molar-refractivity contribution in [2.45, 2.75) is 6.92 Å². The van der Waals surface area contributed by atoms with E-state index in [1.54, 1.807) is 6.20 Å². The standard InChI is InChI=1S/C13H9ClN2/c1-9-5-11(8-16-13(9)7-15)10-3-2-4-12(14)6-10/h2-6,8H,1H3. The fourth-order valence-electron chi connectivity index (χ4n) is 1.52. The summed E-state index contributed by atoms with van der Waals surface area (Å²) in [5.41, 5.74) is 3.32. The first-order chi connectivity index (χ1) is 7.70. The Labute approximate surface area is 99.1 Å². The molecule has 0 aliphatic carbocycles. The highest BCUT2D eigenvalue weighted by Crippen LogP contribution is 2.23. The van der Waals surface area contributed by atoms with Gasteiger partial charge in [0.2, 0.25) is 0 Å². The SMILES string of the molecule is Cc1cc(-c2cccc(Cl)c2)cnc1C#N. The lowest BCUT2D eigenvalue weighted by Crippen LogP contribution is -1.89. The normalized spacial score (nSPS) is 9.81. The summed E-state index contributed by atoms with van der Waals surface area (Å²) in [6.45, 7) is 1.87. The third-order valence-electron chi connectivity index (χ3n) is 2.34. The van der Waals surface area contributed by atoms with E-state index in [-0.39, 0.29) is 0 Å². The van der Waals surface area contributed by atoms with Gasteiger partial charge in [0.15, 0.2) is 0 Å². The van der Waals surface area contributed by atoms with Crippen molar-refractivity contribution in [3.8, 4) is 17.2 Å². The smallest absolute Gasteiger partial charge is 0.143 e. The minimum Gasteiger partial charge on any atom is -0.245 e. The second-order valence-electron chi connectivity index (χ2n) is 3.51. The van der Waals surface area contributed by atoms with Gasteiger partial charge in [-0.15, -0.1) is 0 Å². The number of nitrogens with zero attached hydrogens (tertiary/aromatic N) is 2. The molecule has 0 bridgehead atoms. The van der Waals surface area contributed by atoms with Crippen molar-refractivity contribution in [3.05, 3.63) is 52.8 Å². The first kappa shape index (κ1) is 10.7. The zero-order valence-electron chi connectivity index (χ0n) is 8.74. The largest absolute Gasteiger partial charge is 0.245 e. The third kappa shape index (κ3) is 2.05. The highest BCUT2D eigenvalue weighted by molar-refractivity contribution is 6.30. The average Bonchev–Trinajstić information content (AvgIpc) is 2.29. The minimum atomic E-state index is 0.464. The predicted octanol–water partition coefficient (Wildman–Crippen LogP) is 3.58. The van der Waals surface area contributed by atoms with Gasteiger partial charge in [-0.2, -0.15) is 5.26 Å². The van der Waals surface area contributed by atoms with Gasteiger partial charge in [0.1, 0.15) is 11.8 Å². The van der Waals surface area contributed by atoms with E-state index in [0.717, 1.165) is 16.7 Å². The predicted molar refractivity (Wildman–Crippen MR) is 64.1 cm³/mol. The van der Waals surface area contributed by atoms with E-state index in [1.165, 1.54) is 0 Å². The molecule has 0 amide bonds. The van der Waals surface area contributed by atoms with Crippen molar-refractivity contribution < 1.29 is 0 Å². The summed E-state index contributed by atoms with van der Waals surface area (Å²) >= 11 is 5.92. The second kappa shape index (κ2) is 4.34. The summed E-state index contributed by atoms with van der Waals surface area (Å²) in [5.74, 6) is 0. The number of halogens is 1. The molecule has 3 heteroatoms. The van der Waals surface area contributed by atoms with Gasteiger partial charge in [-0.1, -0.05) is 23.7 Å². The first-order valence-corrected chi connectivity index (χ1v) is 5.21. The lowest BCUT2D eigenvalue weighted by molar-refractivity contribution is 1.21. The molecule has 0 unspecified atom stereocenters. The molecule has 0 saturated heterocycles. The molecule has 16 heavy (non-hydrogen) atoms. The molecule has 2 nitrogen and oxygen atoms in total. The maximum Gasteiger partial charge on any atom is 0.143 e. The molecule has 1 heterocycles. The third-order valence-corrected chi connectivity index (χ3v) is 2.58. The molecule has 1 aromatic heterocycles. The zero-order chi connectivity index (χ0) is 11.5. The quantitative estimate of drug-likeness (QED) is 0.748. The van der Waals surface area contributed by atoms with Crippen LogP contribution in [0.1, 0.15) is 11.3 Å². The molecular formula is C13H9ClN2. The molecule has 78 valence electrons. The Morgan fingerprint density at radius 1 is 1.25 bits per heavy atom. The fourth-order valence-corrected chi connectivity index (χ4v) is 1.71. The fraction of sp³-hybridized carbons (Fsp3) is 0.0769.